The number of nitrogens with one attached hydrogen (secondary N) is 2. The molecule has 1 aliphatic heterocycles. The van der Waals surface area contributed by atoms with Gasteiger partial charge in [0.1, 0.15) is 5.65 Å². The zero-order valence-corrected chi connectivity index (χ0v) is 20.7. The number of unbranched alkanes of at least 4 members (excludes halogenated alkanes) is 2. The molecule has 3 aromatic heterocycles. The van der Waals surface area contributed by atoms with E-state index in [0.717, 1.165) is 29.1 Å². The van der Waals surface area contributed by atoms with E-state index in [4.69, 9.17) is 4.98 Å². The minimum Gasteiger partial charge on any atom is -0.346 e. The topological polar surface area (TPSA) is 61.3 Å². The Labute approximate surface area is 207 Å². The molecule has 4 heterocycles. The third-order valence-corrected chi connectivity index (χ3v) is 7.04. The SMILES string of the molecule is C1=C(c2cnn3c2nc(C2CCCCC2)c2cc[nH]c23)CNN1c1ccccc1.C=CCCCC. The quantitative estimate of drug-likeness (QED) is 0.237. The first kappa shape index (κ1) is 23.4. The van der Waals surface area contributed by atoms with E-state index < -0.39 is 0 Å². The van der Waals surface area contributed by atoms with Crippen LogP contribution in [-0.2, 0) is 0 Å². The summed E-state index contributed by atoms with van der Waals surface area (Å²) < 4.78 is 1.96. The highest BCUT2D eigenvalue weighted by atomic mass is 15.5. The van der Waals surface area contributed by atoms with Crippen molar-refractivity contribution >= 4 is 27.9 Å². The lowest BCUT2D eigenvalue weighted by molar-refractivity contribution is 0.439. The van der Waals surface area contributed by atoms with Gasteiger partial charge in [0.2, 0.25) is 0 Å². The van der Waals surface area contributed by atoms with Crippen molar-refractivity contribution in [1.29, 1.82) is 0 Å². The van der Waals surface area contributed by atoms with Crippen LogP contribution in [-0.4, -0.2) is 26.1 Å². The van der Waals surface area contributed by atoms with Crippen LogP contribution in [0.3, 0.4) is 0 Å². The fourth-order valence-corrected chi connectivity index (χ4v) is 5.13. The lowest BCUT2D eigenvalue weighted by Crippen LogP contribution is -2.28. The highest BCUT2D eigenvalue weighted by molar-refractivity contribution is 5.86. The van der Waals surface area contributed by atoms with Crippen LogP contribution in [0.15, 0.2) is 67.6 Å². The van der Waals surface area contributed by atoms with E-state index in [9.17, 15) is 0 Å². The first-order valence-corrected chi connectivity index (χ1v) is 13.0. The van der Waals surface area contributed by atoms with Crippen LogP contribution < -0.4 is 10.4 Å². The number of hydrogen-bond donors (Lipinski definition) is 2. The van der Waals surface area contributed by atoms with Crippen LogP contribution in [0.5, 0.6) is 0 Å². The van der Waals surface area contributed by atoms with Gasteiger partial charge in [-0.05, 0) is 43.0 Å². The number of aromatic nitrogens is 4. The third kappa shape index (κ3) is 4.89. The molecule has 0 saturated heterocycles. The molecular weight excluding hydrogens is 432 g/mol. The Morgan fingerprint density at radius 2 is 1.94 bits per heavy atom. The molecule has 0 amide bonds. The van der Waals surface area contributed by atoms with Crippen molar-refractivity contribution < 1.29 is 0 Å². The van der Waals surface area contributed by atoms with Crippen molar-refractivity contribution in [1.82, 2.24) is 25.0 Å². The predicted molar refractivity (Wildman–Crippen MR) is 145 cm³/mol. The lowest BCUT2D eigenvalue weighted by Gasteiger charge is -2.22. The van der Waals surface area contributed by atoms with Crippen LogP contribution in [0.2, 0.25) is 0 Å². The minimum atomic E-state index is 0.547. The number of hydrazine groups is 1. The van der Waals surface area contributed by atoms with E-state index in [1.165, 1.54) is 68.0 Å². The van der Waals surface area contributed by atoms with Crippen molar-refractivity contribution in [3.8, 4) is 0 Å². The number of fused-ring (bicyclic) bond motifs is 3. The summed E-state index contributed by atoms with van der Waals surface area (Å²) in [6.07, 6.45) is 18.3. The van der Waals surface area contributed by atoms with Gasteiger partial charge in [0.05, 0.1) is 17.6 Å². The van der Waals surface area contributed by atoms with Crippen LogP contribution >= 0.6 is 0 Å². The van der Waals surface area contributed by atoms with Crippen LogP contribution in [0.25, 0.3) is 22.3 Å². The second-order valence-corrected chi connectivity index (χ2v) is 9.49. The van der Waals surface area contributed by atoms with Crippen molar-refractivity contribution in [3.05, 3.63) is 78.9 Å². The molecule has 6 rings (SSSR count). The molecule has 4 aromatic rings. The molecular formula is C29H36N6. The van der Waals surface area contributed by atoms with E-state index in [1.54, 1.807) is 0 Å². The summed E-state index contributed by atoms with van der Waals surface area (Å²) in [5, 5.41) is 7.97. The zero-order chi connectivity index (χ0) is 24.0. The number of H-pyrrole nitrogens is 1. The fourth-order valence-electron chi connectivity index (χ4n) is 5.13. The Morgan fingerprint density at radius 3 is 2.69 bits per heavy atom. The van der Waals surface area contributed by atoms with Gasteiger partial charge < -0.3 is 4.98 Å². The maximum Gasteiger partial charge on any atom is 0.165 e. The first-order chi connectivity index (χ1) is 17.3. The summed E-state index contributed by atoms with van der Waals surface area (Å²) in [4.78, 5) is 8.59. The number of anilines is 1. The average molecular weight is 469 g/mol. The van der Waals surface area contributed by atoms with Crippen molar-refractivity contribution in [2.24, 2.45) is 0 Å². The van der Waals surface area contributed by atoms with Gasteiger partial charge in [0.15, 0.2) is 5.65 Å². The highest BCUT2D eigenvalue weighted by Gasteiger charge is 2.24. The van der Waals surface area contributed by atoms with Crippen molar-refractivity contribution in [2.45, 2.75) is 64.2 Å². The molecule has 1 saturated carbocycles. The van der Waals surface area contributed by atoms with Gasteiger partial charge in [-0.3, -0.25) is 5.01 Å². The van der Waals surface area contributed by atoms with Gasteiger partial charge in [0.25, 0.3) is 0 Å². The second kappa shape index (κ2) is 10.9. The molecule has 0 bridgehead atoms. The van der Waals surface area contributed by atoms with Crippen LogP contribution in [0.1, 0.15) is 75.5 Å². The smallest absolute Gasteiger partial charge is 0.165 e. The third-order valence-electron chi connectivity index (χ3n) is 7.04. The largest absolute Gasteiger partial charge is 0.346 e. The molecule has 2 N–H and O–H groups in total. The Balaban J connectivity index is 0.000000380. The summed E-state index contributed by atoms with van der Waals surface area (Å²) in [5.74, 6) is 0.547. The number of rotatable bonds is 6. The maximum absolute atomic E-state index is 5.19. The Bertz CT molecular complexity index is 1290. The molecule has 0 unspecified atom stereocenters. The van der Waals surface area contributed by atoms with Gasteiger partial charge in [-0.1, -0.05) is 63.3 Å². The summed E-state index contributed by atoms with van der Waals surface area (Å²) >= 11 is 0. The molecule has 6 nitrogen and oxygen atoms in total. The monoisotopic (exact) mass is 468 g/mol. The van der Waals surface area contributed by atoms with Gasteiger partial charge in [-0.15, -0.1) is 6.58 Å². The van der Waals surface area contributed by atoms with Crippen molar-refractivity contribution in [3.63, 3.8) is 0 Å². The minimum absolute atomic E-state index is 0.547. The number of para-hydroxylation sites is 1. The molecule has 2 aliphatic rings. The Kier molecular flexibility index (Phi) is 7.28. The lowest BCUT2D eigenvalue weighted by atomic mass is 9.86. The highest BCUT2D eigenvalue weighted by Crippen LogP contribution is 2.36. The van der Waals surface area contributed by atoms with E-state index in [2.05, 4.69) is 70.6 Å². The summed E-state index contributed by atoms with van der Waals surface area (Å²) in [6.45, 7) is 6.55. The molecule has 35 heavy (non-hydrogen) atoms. The number of allylic oxidation sites excluding steroid dienone is 1. The van der Waals surface area contributed by atoms with E-state index >= 15 is 0 Å². The molecule has 0 spiro atoms. The number of benzene rings is 1. The van der Waals surface area contributed by atoms with E-state index in [-0.39, 0.29) is 0 Å². The van der Waals surface area contributed by atoms with Crippen LogP contribution in [0.4, 0.5) is 5.69 Å². The molecule has 0 atom stereocenters. The van der Waals surface area contributed by atoms with Crippen molar-refractivity contribution in [2.75, 3.05) is 11.6 Å². The molecule has 182 valence electrons. The molecule has 6 heteroatoms. The summed E-state index contributed by atoms with van der Waals surface area (Å²) in [5.41, 5.74) is 10.1. The summed E-state index contributed by atoms with van der Waals surface area (Å²) in [6, 6.07) is 12.5. The predicted octanol–water partition coefficient (Wildman–Crippen LogP) is 6.99. The normalized spacial score (nSPS) is 16.4. The zero-order valence-electron chi connectivity index (χ0n) is 20.7. The van der Waals surface area contributed by atoms with E-state index in [1.807, 2.05) is 29.1 Å². The van der Waals surface area contributed by atoms with Crippen LogP contribution in [0, 0.1) is 0 Å². The van der Waals surface area contributed by atoms with Gasteiger partial charge in [0, 0.05) is 35.8 Å². The molecule has 1 fully saturated rings. The Morgan fingerprint density at radius 1 is 1.11 bits per heavy atom. The average Bonchev–Trinajstić information content (AvgIpc) is 3.67. The summed E-state index contributed by atoms with van der Waals surface area (Å²) in [7, 11) is 0. The number of aromatic amines is 1. The first-order valence-electron chi connectivity index (χ1n) is 13.0. The second-order valence-electron chi connectivity index (χ2n) is 9.49. The number of nitrogens with zero attached hydrogens (tertiary/aromatic N) is 4. The van der Waals surface area contributed by atoms with Gasteiger partial charge >= 0.3 is 0 Å². The van der Waals surface area contributed by atoms with E-state index in [0.29, 0.717) is 5.92 Å². The molecule has 1 aromatic carbocycles. The van der Waals surface area contributed by atoms with Gasteiger partial charge in [-0.25, -0.2) is 10.4 Å². The number of hydrogen-bond acceptors (Lipinski definition) is 4. The molecule has 1 aliphatic carbocycles. The standard InChI is InChI=1S/C23H24N6.C6H12/c1-3-7-16(8-4-1)21-19-11-12-24-22(19)29-23(27-21)20(14-26-29)17-13-25-28(15-17)18-9-5-2-6-10-18;1-3-5-6-4-2/h2,5-6,9-12,14-16,24-25H,1,3-4,7-8,13H2;3H,1,4-6H2,2H3. The van der Waals surface area contributed by atoms with Gasteiger partial charge in [-0.2, -0.15) is 9.61 Å². The molecule has 0 radical (unpaired) electrons. The Hall–Kier alpha value is -3.38. The fraction of sp³-hybridized carbons (Fsp3) is 0.379. The maximum atomic E-state index is 5.19.